The minimum atomic E-state index is -0.751. The molecular formula is C20H29N3O5. The third-order valence-electron chi connectivity index (χ3n) is 4.35. The smallest absolute Gasteiger partial charge is 0.412 e. The Morgan fingerprint density at radius 1 is 1.46 bits per heavy atom. The second kappa shape index (κ2) is 8.26. The van der Waals surface area contributed by atoms with Crippen molar-refractivity contribution in [1.29, 1.82) is 0 Å². The SMILES string of the molecule is Cc1ccc([N+](=O)[O-])c(N=CCC[C@H]2COC(C)(C)N2C(=O)OC(C)(C)C)c1. The average Bonchev–Trinajstić information content (AvgIpc) is 2.84. The van der Waals surface area contributed by atoms with E-state index in [2.05, 4.69) is 4.99 Å². The Hall–Kier alpha value is -2.48. The predicted molar refractivity (Wildman–Crippen MR) is 107 cm³/mol. The Morgan fingerprint density at radius 2 is 2.14 bits per heavy atom. The number of hydrogen-bond acceptors (Lipinski definition) is 6. The number of carbonyl (C=O) groups excluding carboxylic acids is 1. The number of benzene rings is 1. The quantitative estimate of drug-likeness (QED) is 0.410. The summed E-state index contributed by atoms with van der Waals surface area (Å²) in [5.74, 6) is 0. The van der Waals surface area contributed by atoms with Crippen LogP contribution in [0.2, 0.25) is 0 Å². The molecule has 0 saturated carbocycles. The second-order valence-electron chi connectivity index (χ2n) is 8.40. The zero-order chi connectivity index (χ0) is 21.1. The molecule has 8 heteroatoms. The number of aliphatic imine (C=N–C) groups is 1. The van der Waals surface area contributed by atoms with E-state index >= 15 is 0 Å². The van der Waals surface area contributed by atoms with Crippen molar-refractivity contribution in [2.24, 2.45) is 4.99 Å². The highest BCUT2D eigenvalue weighted by Gasteiger charge is 2.45. The van der Waals surface area contributed by atoms with Gasteiger partial charge in [0, 0.05) is 12.3 Å². The van der Waals surface area contributed by atoms with Crippen molar-refractivity contribution < 1.29 is 19.2 Å². The van der Waals surface area contributed by atoms with Crippen LogP contribution in [-0.2, 0) is 9.47 Å². The molecule has 1 amide bonds. The van der Waals surface area contributed by atoms with Gasteiger partial charge in [-0.3, -0.25) is 20.0 Å². The van der Waals surface area contributed by atoms with Gasteiger partial charge in [0.1, 0.15) is 17.0 Å². The van der Waals surface area contributed by atoms with Crippen LogP contribution in [0.15, 0.2) is 23.2 Å². The molecule has 0 unspecified atom stereocenters. The number of aryl methyl sites for hydroxylation is 1. The number of hydrogen-bond donors (Lipinski definition) is 0. The van der Waals surface area contributed by atoms with Gasteiger partial charge in [0.25, 0.3) is 5.69 Å². The van der Waals surface area contributed by atoms with Gasteiger partial charge >= 0.3 is 6.09 Å². The van der Waals surface area contributed by atoms with Crippen molar-refractivity contribution in [3.8, 4) is 0 Å². The summed E-state index contributed by atoms with van der Waals surface area (Å²) < 4.78 is 11.3. The first-order valence-corrected chi connectivity index (χ1v) is 9.34. The van der Waals surface area contributed by atoms with Crippen molar-refractivity contribution in [2.45, 2.75) is 71.8 Å². The highest BCUT2D eigenvalue weighted by molar-refractivity contribution is 5.71. The summed E-state index contributed by atoms with van der Waals surface area (Å²) in [6.45, 7) is 11.4. The summed E-state index contributed by atoms with van der Waals surface area (Å²) in [7, 11) is 0. The number of ether oxygens (including phenoxy) is 2. The van der Waals surface area contributed by atoms with E-state index in [4.69, 9.17) is 9.47 Å². The zero-order valence-electron chi connectivity index (χ0n) is 17.4. The minimum absolute atomic E-state index is 0.0254. The molecule has 1 fully saturated rings. The van der Waals surface area contributed by atoms with Crippen LogP contribution in [0.5, 0.6) is 0 Å². The fourth-order valence-electron chi connectivity index (χ4n) is 3.10. The first-order valence-electron chi connectivity index (χ1n) is 9.34. The summed E-state index contributed by atoms with van der Waals surface area (Å²) in [5, 5.41) is 11.1. The lowest BCUT2D eigenvalue weighted by atomic mass is 10.1. The first-order chi connectivity index (χ1) is 12.9. The summed E-state index contributed by atoms with van der Waals surface area (Å²) in [5.41, 5.74) is -0.134. The molecule has 8 nitrogen and oxygen atoms in total. The lowest BCUT2D eigenvalue weighted by molar-refractivity contribution is -0.384. The summed E-state index contributed by atoms with van der Waals surface area (Å²) in [6.07, 6.45) is 2.41. The minimum Gasteiger partial charge on any atom is -0.444 e. The maximum Gasteiger partial charge on any atom is 0.412 e. The molecule has 0 aromatic heterocycles. The molecule has 1 aromatic carbocycles. The van der Waals surface area contributed by atoms with E-state index < -0.39 is 22.3 Å². The van der Waals surface area contributed by atoms with Crippen molar-refractivity contribution in [1.82, 2.24) is 4.90 Å². The van der Waals surface area contributed by atoms with E-state index in [-0.39, 0.29) is 11.7 Å². The van der Waals surface area contributed by atoms with Crippen LogP contribution in [0.4, 0.5) is 16.2 Å². The largest absolute Gasteiger partial charge is 0.444 e. The van der Waals surface area contributed by atoms with Gasteiger partial charge in [-0.25, -0.2) is 4.79 Å². The molecule has 28 heavy (non-hydrogen) atoms. The normalized spacial score (nSPS) is 19.2. The van der Waals surface area contributed by atoms with Gasteiger partial charge in [0.2, 0.25) is 0 Å². The highest BCUT2D eigenvalue weighted by Crippen LogP contribution is 2.32. The molecule has 0 radical (unpaired) electrons. The van der Waals surface area contributed by atoms with Crippen LogP contribution in [0.25, 0.3) is 0 Å². The van der Waals surface area contributed by atoms with Crippen LogP contribution in [-0.4, -0.2) is 46.1 Å². The molecule has 0 bridgehead atoms. The fourth-order valence-corrected chi connectivity index (χ4v) is 3.10. The van der Waals surface area contributed by atoms with Crippen LogP contribution >= 0.6 is 0 Å². The molecular weight excluding hydrogens is 362 g/mol. The number of nitro groups is 1. The Kier molecular flexibility index (Phi) is 6.44. The van der Waals surface area contributed by atoms with Crippen molar-refractivity contribution in [2.75, 3.05) is 6.61 Å². The van der Waals surface area contributed by atoms with Gasteiger partial charge in [-0.2, -0.15) is 0 Å². The van der Waals surface area contributed by atoms with Crippen molar-refractivity contribution in [3.05, 3.63) is 33.9 Å². The van der Waals surface area contributed by atoms with E-state index in [1.165, 1.54) is 6.07 Å². The number of nitrogens with zero attached hydrogens (tertiary/aromatic N) is 3. The van der Waals surface area contributed by atoms with Gasteiger partial charge in [-0.1, -0.05) is 6.07 Å². The summed E-state index contributed by atoms with van der Waals surface area (Å²) in [6, 6.07) is 4.68. The molecule has 154 valence electrons. The molecule has 1 aliphatic rings. The van der Waals surface area contributed by atoms with Crippen molar-refractivity contribution >= 4 is 23.7 Å². The second-order valence-corrected chi connectivity index (χ2v) is 8.40. The molecule has 0 aliphatic carbocycles. The number of nitro benzene ring substituents is 1. The summed E-state index contributed by atoms with van der Waals surface area (Å²) in [4.78, 5) is 29.2. The third-order valence-corrected chi connectivity index (χ3v) is 4.35. The number of amides is 1. The first kappa shape index (κ1) is 21.8. The van der Waals surface area contributed by atoms with Crippen LogP contribution in [0, 0.1) is 17.0 Å². The standard InChI is InChI=1S/C20H29N3O5/c1-14-9-10-17(23(25)26)16(12-14)21-11-7-8-15-13-27-20(5,6)22(15)18(24)28-19(2,3)4/h9-12,15H,7-8,13H2,1-6H3/t15-/m0/s1. The molecule has 1 heterocycles. The van der Waals surface area contributed by atoms with Gasteiger partial charge in [0.15, 0.2) is 0 Å². The monoisotopic (exact) mass is 391 g/mol. The van der Waals surface area contributed by atoms with Crippen LogP contribution in [0.3, 0.4) is 0 Å². The Balaban J connectivity index is 2.05. The van der Waals surface area contributed by atoms with Crippen molar-refractivity contribution in [3.63, 3.8) is 0 Å². The summed E-state index contributed by atoms with van der Waals surface area (Å²) >= 11 is 0. The molecule has 0 spiro atoms. The molecule has 1 aromatic rings. The average molecular weight is 391 g/mol. The van der Waals surface area contributed by atoms with E-state index in [0.29, 0.717) is 25.1 Å². The lowest BCUT2D eigenvalue weighted by Crippen LogP contribution is -2.49. The molecule has 1 atom stereocenters. The number of rotatable bonds is 5. The molecule has 1 saturated heterocycles. The van der Waals surface area contributed by atoms with Gasteiger partial charge in [0.05, 0.1) is 17.6 Å². The number of carbonyl (C=O) groups is 1. The van der Waals surface area contributed by atoms with Gasteiger partial charge < -0.3 is 9.47 Å². The molecule has 0 N–H and O–H groups in total. The van der Waals surface area contributed by atoms with Gasteiger partial charge in [-0.05, 0) is 66.0 Å². The topological polar surface area (TPSA) is 94.3 Å². The predicted octanol–water partition coefficient (Wildman–Crippen LogP) is 4.76. The molecule has 1 aliphatic heterocycles. The van der Waals surface area contributed by atoms with E-state index in [1.54, 1.807) is 23.2 Å². The maximum absolute atomic E-state index is 12.6. The van der Waals surface area contributed by atoms with Crippen LogP contribution in [0.1, 0.15) is 53.0 Å². The van der Waals surface area contributed by atoms with Gasteiger partial charge in [-0.15, -0.1) is 0 Å². The zero-order valence-corrected chi connectivity index (χ0v) is 17.4. The fraction of sp³-hybridized carbons (Fsp3) is 0.600. The Morgan fingerprint density at radius 3 is 2.75 bits per heavy atom. The van der Waals surface area contributed by atoms with E-state index in [0.717, 1.165) is 5.56 Å². The Bertz CT molecular complexity index is 768. The molecule has 2 rings (SSSR count). The maximum atomic E-state index is 12.6. The van der Waals surface area contributed by atoms with Crippen LogP contribution < -0.4 is 0 Å². The highest BCUT2D eigenvalue weighted by atomic mass is 16.6. The van der Waals surface area contributed by atoms with E-state index in [1.807, 2.05) is 41.5 Å². The third kappa shape index (κ3) is 5.51. The lowest BCUT2D eigenvalue weighted by Gasteiger charge is -2.35. The van der Waals surface area contributed by atoms with E-state index in [9.17, 15) is 14.9 Å². The Labute approximate surface area is 165 Å².